The Labute approximate surface area is 122 Å². The summed E-state index contributed by atoms with van der Waals surface area (Å²) in [6.45, 7) is 0.0948. The Morgan fingerprint density at radius 3 is 2.38 bits per heavy atom. The number of aliphatic hydroxyl groups excluding tert-OH is 1. The van der Waals surface area contributed by atoms with Crippen LogP contribution in [0.5, 0.6) is 11.5 Å². The first-order chi connectivity index (χ1) is 10.1. The van der Waals surface area contributed by atoms with Crippen LogP contribution >= 0.6 is 0 Å². The normalized spacial score (nSPS) is 11.9. The molecule has 5 heteroatoms. The van der Waals surface area contributed by atoms with Gasteiger partial charge in [0.15, 0.2) is 17.6 Å². The van der Waals surface area contributed by atoms with E-state index in [1.807, 2.05) is 30.3 Å². The van der Waals surface area contributed by atoms with E-state index in [4.69, 9.17) is 4.74 Å². The molecular formula is C16H16O5. The quantitative estimate of drug-likeness (QED) is 0.576. The predicted molar refractivity (Wildman–Crippen MR) is 75.7 cm³/mol. The molecule has 2 aromatic rings. The van der Waals surface area contributed by atoms with Gasteiger partial charge in [-0.05, 0) is 23.3 Å². The van der Waals surface area contributed by atoms with Crippen molar-refractivity contribution < 1.29 is 24.9 Å². The molecule has 0 spiro atoms. The first-order valence-corrected chi connectivity index (χ1v) is 6.46. The van der Waals surface area contributed by atoms with Gasteiger partial charge in [-0.25, -0.2) is 4.79 Å². The van der Waals surface area contributed by atoms with Gasteiger partial charge in [-0.15, -0.1) is 0 Å². The molecule has 0 saturated heterocycles. The standard InChI is InChI=1S/C16H16O5/c17-13-7-6-12(8-14(13)18)9-15(19)16(20)21-10-11-4-2-1-3-5-11/h1-8,15,17-19H,9-10H2. The number of benzene rings is 2. The lowest BCUT2D eigenvalue weighted by Crippen LogP contribution is -2.25. The van der Waals surface area contributed by atoms with E-state index in [-0.39, 0.29) is 24.5 Å². The fourth-order valence-electron chi connectivity index (χ4n) is 1.83. The number of aliphatic hydroxyl groups is 1. The molecule has 0 aliphatic carbocycles. The summed E-state index contributed by atoms with van der Waals surface area (Å²) in [5, 5.41) is 28.3. The zero-order valence-corrected chi connectivity index (χ0v) is 11.3. The van der Waals surface area contributed by atoms with Gasteiger partial charge in [0.05, 0.1) is 0 Å². The Hall–Kier alpha value is -2.53. The molecule has 21 heavy (non-hydrogen) atoms. The Morgan fingerprint density at radius 1 is 1.00 bits per heavy atom. The van der Waals surface area contributed by atoms with Crippen LogP contribution in [-0.4, -0.2) is 27.4 Å². The summed E-state index contributed by atoms with van der Waals surface area (Å²) in [4.78, 5) is 11.7. The number of rotatable bonds is 5. The van der Waals surface area contributed by atoms with Crippen molar-refractivity contribution in [2.45, 2.75) is 19.1 Å². The number of hydrogen-bond donors (Lipinski definition) is 3. The van der Waals surface area contributed by atoms with E-state index in [0.29, 0.717) is 5.56 Å². The molecule has 5 nitrogen and oxygen atoms in total. The molecule has 0 aliphatic heterocycles. The van der Waals surface area contributed by atoms with Crippen molar-refractivity contribution in [1.82, 2.24) is 0 Å². The molecule has 2 rings (SSSR count). The minimum absolute atomic E-state index is 0.00145. The lowest BCUT2D eigenvalue weighted by Gasteiger charge is -2.11. The van der Waals surface area contributed by atoms with Crippen molar-refractivity contribution in [3.05, 3.63) is 59.7 Å². The number of hydrogen-bond acceptors (Lipinski definition) is 5. The Kier molecular flexibility index (Phi) is 4.79. The molecule has 0 aliphatic rings. The first kappa shape index (κ1) is 14.9. The van der Waals surface area contributed by atoms with E-state index in [1.54, 1.807) is 0 Å². The van der Waals surface area contributed by atoms with Crippen LogP contribution in [0.4, 0.5) is 0 Å². The summed E-state index contributed by atoms with van der Waals surface area (Å²) < 4.78 is 5.02. The maximum absolute atomic E-state index is 11.7. The molecular weight excluding hydrogens is 272 g/mol. The monoisotopic (exact) mass is 288 g/mol. The molecule has 0 saturated carbocycles. The zero-order chi connectivity index (χ0) is 15.2. The van der Waals surface area contributed by atoms with Gasteiger partial charge >= 0.3 is 5.97 Å². The third-order valence-corrected chi connectivity index (χ3v) is 2.96. The lowest BCUT2D eigenvalue weighted by atomic mass is 10.1. The maximum Gasteiger partial charge on any atom is 0.335 e. The summed E-state index contributed by atoms with van der Waals surface area (Å²) in [6, 6.07) is 13.3. The van der Waals surface area contributed by atoms with E-state index in [2.05, 4.69) is 0 Å². The number of phenols is 2. The SMILES string of the molecule is O=C(OCc1ccccc1)C(O)Cc1ccc(O)c(O)c1. The number of ether oxygens (including phenoxy) is 1. The van der Waals surface area contributed by atoms with E-state index >= 15 is 0 Å². The van der Waals surface area contributed by atoms with Gasteiger partial charge in [-0.3, -0.25) is 0 Å². The summed E-state index contributed by atoms with van der Waals surface area (Å²) in [5.74, 6) is -1.27. The second-order valence-electron chi connectivity index (χ2n) is 4.64. The molecule has 3 N–H and O–H groups in total. The van der Waals surface area contributed by atoms with Crippen molar-refractivity contribution >= 4 is 5.97 Å². The van der Waals surface area contributed by atoms with Gasteiger partial charge in [-0.1, -0.05) is 36.4 Å². The van der Waals surface area contributed by atoms with Gasteiger partial charge in [-0.2, -0.15) is 0 Å². The molecule has 2 aromatic carbocycles. The number of esters is 1. The molecule has 0 radical (unpaired) electrons. The van der Waals surface area contributed by atoms with Gasteiger partial charge in [0.2, 0.25) is 0 Å². The largest absolute Gasteiger partial charge is 0.504 e. The second kappa shape index (κ2) is 6.76. The molecule has 0 amide bonds. The van der Waals surface area contributed by atoms with Gasteiger partial charge in [0.25, 0.3) is 0 Å². The van der Waals surface area contributed by atoms with Crippen molar-refractivity contribution in [3.8, 4) is 11.5 Å². The minimum Gasteiger partial charge on any atom is -0.504 e. The average Bonchev–Trinajstić information content (AvgIpc) is 2.49. The van der Waals surface area contributed by atoms with E-state index in [1.165, 1.54) is 18.2 Å². The van der Waals surface area contributed by atoms with Crippen LogP contribution in [0.25, 0.3) is 0 Å². The number of carbonyl (C=O) groups excluding carboxylic acids is 1. The molecule has 1 atom stereocenters. The van der Waals surface area contributed by atoms with Crippen LogP contribution in [0, 0.1) is 0 Å². The number of carbonyl (C=O) groups is 1. The fraction of sp³-hybridized carbons (Fsp3) is 0.188. The maximum atomic E-state index is 11.7. The second-order valence-corrected chi connectivity index (χ2v) is 4.64. The van der Waals surface area contributed by atoms with Gasteiger partial charge < -0.3 is 20.1 Å². The van der Waals surface area contributed by atoms with Crippen LogP contribution in [0.2, 0.25) is 0 Å². The highest BCUT2D eigenvalue weighted by Crippen LogP contribution is 2.25. The number of aromatic hydroxyl groups is 2. The Morgan fingerprint density at radius 2 is 1.71 bits per heavy atom. The highest BCUT2D eigenvalue weighted by atomic mass is 16.5. The van der Waals surface area contributed by atoms with Crippen molar-refractivity contribution in [2.75, 3.05) is 0 Å². The number of phenolic OH excluding ortho intramolecular Hbond substituents is 2. The van der Waals surface area contributed by atoms with Crippen molar-refractivity contribution in [3.63, 3.8) is 0 Å². The minimum atomic E-state index is -1.32. The van der Waals surface area contributed by atoms with Gasteiger partial charge in [0.1, 0.15) is 6.61 Å². The van der Waals surface area contributed by atoms with Crippen LogP contribution in [0.3, 0.4) is 0 Å². The summed E-state index contributed by atoms with van der Waals surface area (Å²) in [5.41, 5.74) is 1.36. The topological polar surface area (TPSA) is 87.0 Å². The fourth-order valence-corrected chi connectivity index (χ4v) is 1.83. The van der Waals surface area contributed by atoms with Crippen LogP contribution in [0.15, 0.2) is 48.5 Å². The summed E-state index contributed by atoms with van der Waals surface area (Å²) >= 11 is 0. The Balaban J connectivity index is 1.88. The highest BCUT2D eigenvalue weighted by molar-refractivity contribution is 5.74. The molecule has 0 fully saturated rings. The van der Waals surface area contributed by atoms with Gasteiger partial charge in [0, 0.05) is 6.42 Å². The molecule has 0 heterocycles. The highest BCUT2D eigenvalue weighted by Gasteiger charge is 2.18. The van der Waals surface area contributed by atoms with E-state index in [9.17, 15) is 20.1 Å². The van der Waals surface area contributed by atoms with Crippen molar-refractivity contribution in [2.24, 2.45) is 0 Å². The van der Waals surface area contributed by atoms with Crippen LogP contribution in [-0.2, 0) is 22.6 Å². The smallest absolute Gasteiger partial charge is 0.335 e. The predicted octanol–water partition coefficient (Wildman–Crippen LogP) is 1.74. The van der Waals surface area contributed by atoms with E-state index < -0.39 is 12.1 Å². The van der Waals surface area contributed by atoms with Crippen molar-refractivity contribution in [1.29, 1.82) is 0 Å². The average molecular weight is 288 g/mol. The molecule has 0 aromatic heterocycles. The molecule has 0 bridgehead atoms. The zero-order valence-electron chi connectivity index (χ0n) is 11.3. The van der Waals surface area contributed by atoms with E-state index in [0.717, 1.165) is 5.56 Å². The summed E-state index contributed by atoms with van der Waals surface area (Å²) in [7, 11) is 0. The van der Waals surface area contributed by atoms with Crippen LogP contribution < -0.4 is 0 Å². The first-order valence-electron chi connectivity index (χ1n) is 6.46. The third-order valence-electron chi connectivity index (χ3n) is 2.96. The third kappa shape index (κ3) is 4.22. The molecule has 1 unspecified atom stereocenters. The summed E-state index contributed by atoms with van der Waals surface area (Å²) in [6.07, 6.45) is -1.32. The Bertz CT molecular complexity index is 609. The lowest BCUT2D eigenvalue weighted by molar-refractivity contribution is -0.154. The molecule has 110 valence electrons. The van der Waals surface area contributed by atoms with Crippen LogP contribution in [0.1, 0.15) is 11.1 Å².